The number of benzene rings is 2. The van der Waals surface area contributed by atoms with Crippen LogP contribution in [0.25, 0.3) is 0 Å². The number of carbonyl (C=O) groups excluding carboxylic acids is 1. The minimum Gasteiger partial charge on any atom is -0.483 e. The second-order valence-corrected chi connectivity index (χ2v) is 5.38. The molecule has 0 saturated heterocycles. The van der Waals surface area contributed by atoms with Crippen molar-refractivity contribution in [2.75, 3.05) is 30.9 Å². The number of anilines is 2. The van der Waals surface area contributed by atoms with E-state index >= 15 is 0 Å². The van der Waals surface area contributed by atoms with Crippen LogP contribution in [-0.4, -0.2) is 26.6 Å². The summed E-state index contributed by atoms with van der Waals surface area (Å²) in [5, 5.41) is 2.83. The van der Waals surface area contributed by atoms with Crippen LogP contribution in [-0.2, 0) is 11.2 Å². The lowest BCUT2D eigenvalue weighted by atomic mass is 10.1. The smallest absolute Gasteiger partial charge is 0.262 e. The molecule has 2 aromatic rings. The lowest BCUT2D eigenvalue weighted by Crippen LogP contribution is -2.20. The summed E-state index contributed by atoms with van der Waals surface area (Å²) in [7, 11) is 3.95. The molecule has 0 heterocycles. The van der Waals surface area contributed by atoms with Crippen molar-refractivity contribution >= 4 is 17.3 Å². The number of amides is 1. The summed E-state index contributed by atoms with van der Waals surface area (Å²) in [5.74, 6) is 0.529. The third-order valence-electron chi connectivity index (χ3n) is 3.36. The lowest BCUT2D eigenvalue weighted by Gasteiger charge is -2.13. The maximum atomic E-state index is 12.0. The van der Waals surface area contributed by atoms with Gasteiger partial charge in [-0.2, -0.15) is 0 Å². The van der Waals surface area contributed by atoms with Gasteiger partial charge in [-0.1, -0.05) is 24.3 Å². The number of para-hydroxylation sites is 1. The zero-order chi connectivity index (χ0) is 16.7. The molecule has 23 heavy (non-hydrogen) atoms. The van der Waals surface area contributed by atoms with Gasteiger partial charge in [0, 0.05) is 25.5 Å². The summed E-state index contributed by atoms with van der Waals surface area (Å²) in [6, 6.07) is 15.3. The summed E-state index contributed by atoms with van der Waals surface area (Å²) < 4.78 is 5.62. The molecule has 4 heteroatoms. The van der Waals surface area contributed by atoms with Crippen LogP contribution in [0.15, 0.2) is 61.2 Å². The molecular formula is C19H22N2O2. The Hall–Kier alpha value is -2.75. The first-order valence-electron chi connectivity index (χ1n) is 7.49. The Kier molecular flexibility index (Phi) is 5.80. The van der Waals surface area contributed by atoms with Crippen molar-refractivity contribution in [3.05, 3.63) is 66.7 Å². The van der Waals surface area contributed by atoms with Crippen molar-refractivity contribution in [2.24, 2.45) is 0 Å². The van der Waals surface area contributed by atoms with Crippen molar-refractivity contribution in [1.29, 1.82) is 0 Å². The number of rotatable bonds is 7. The quantitative estimate of drug-likeness (QED) is 0.796. The Labute approximate surface area is 137 Å². The summed E-state index contributed by atoms with van der Waals surface area (Å²) in [5.41, 5.74) is 2.85. The molecule has 0 bridgehead atoms. The van der Waals surface area contributed by atoms with E-state index < -0.39 is 0 Å². The standard InChI is InChI=1S/C19H22N2O2/c1-4-7-15-8-5-6-9-18(15)23-14-19(22)20-16-10-12-17(13-11-16)21(2)3/h4-6,8-13H,1,7,14H2,2-3H3,(H,20,22). The highest BCUT2D eigenvalue weighted by Gasteiger charge is 2.06. The third kappa shape index (κ3) is 4.88. The fourth-order valence-corrected chi connectivity index (χ4v) is 2.15. The first-order valence-corrected chi connectivity index (χ1v) is 7.49. The fourth-order valence-electron chi connectivity index (χ4n) is 2.15. The van der Waals surface area contributed by atoms with E-state index in [0.29, 0.717) is 12.2 Å². The molecule has 0 aliphatic carbocycles. The van der Waals surface area contributed by atoms with E-state index in [2.05, 4.69) is 11.9 Å². The largest absolute Gasteiger partial charge is 0.483 e. The maximum Gasteiger partial charge on any atom is 0.262 e. The van der Waals surface area contributed by atoms with Gasteiger partial charge in [0.25, 0.3) is 5.91 Å². The van der Waals surface area contributed by atoms with Crippen LogP contribution in [0.2, 0.25) is 0 Å². The van der Waals surface area contributed by atoms with Crippen molar-refractivity contribution < 1.29 is 9.53 Å². The number of hydrogen-bond acceptors (Lipinski definition) is 3. The first kappa shape index (κ1) is 16.6. The third-order valence-corrected chi connectivity index (χ3v) is 3.36. The molecule has 0 unspecified atom stereocenters. The monoisotopic (exact) mass is 310 g/mol. The summed E-state index contributed by atoms with van der Waals surface area (Å²) in [4.78, 5) is 14.0. The molecule has 0 aliphatic rings. The zero-order valence-electron chi connectivity index (χ0n) is 13.6. The molecule has 0 spiro atoms. The molecule has 120 valence electrons. The van der Waals surface area contributed by atoms with Crippen molar-refractivity contribution in [2.45, 2.75) is 6.42 Å². The molecule has 1 N–H and O–H groups in total. The average Bonchev–Trinajstić information content (AvgIpc) is 2.55. The van der Waals surface area contributed by atoms with Crippen LogP contribution in [0.4, 0.5) is 11.4 Å². The van der Waals surface area contributed by atoms with Gasteiger partial charge in [0.2, 0.25) is 0 Å². The highest BCUT2D eigenvalue weighted by molar-refractivity contribution is 5.92. The Balaban J connectivity index is 1.91. The molecule has 2 aromatic carbocycles. The topological polar surface area (TPSA) is 41.6 Å². The van der Waals surface area contributed by atoms with E-state index in [4.69, 9.17) is 4.74 Å². The molecule has 0 radical (unpaired) electrons. The van der Waals surface area contributed by atoms with Crippen LogP contribution < -0.4 is 15.0 Å². The van der Waals surface area contributed by atoms with Crippen molar-refractivity contribution in [3.8, 4) is 5.75 Å². The second-order valence-electron chi connectivity index (χ2n) is 5.38. The van der Waals surface area contributed by atoms with E-state index in [0.717, 1.165) is 16.9 Å². The Morgan fingerprint density at radius 1 is 1.17 bits per heavy atom. The van der Waals surface area contributed by atoms with Crippen LogP contribution >= 0.6 is 0 Å². The predicted molar refractivity (Wildman–Crippen MR) is 95.2 cm³/mol. The predicted octanol–water partition coefficient (Wildman–Crippen LogP) is 3.50. The molecule has 0 fully saturated rings. The number of allylic oxidation sites excluding steroid dienone is 1. The molecule has 2 rings (SSSR count). The lowest BCUT2D eigenvalue weighted by molar-refractivity contribution is -0.118. The fraction of sp³-hybridized carbons (Fsp3) is 0.211. The summed E-state index contributed by atoms with van der Waals surface area (Å²) in [6.07, 6.45) is 2.53. The molecule has 0 saturated carbocycles. The van der Waals surface area contributed by atoms with E-state index in [1.54, 1.807) is 0 Å². The van der Waals surface area contributed by atoms with Gasteiger partial charge < -0.3 is 15.0 Å². The van der Waals surface area contributed by atoms with Gasteiger partial charge in [-0.3, -0.25) is 4.79 Å². The Morgan fingerprint density at radius 3 is 2.52 bits per heavy atom. The van der Waals surface area contributed by atoms with Crippen LogP contribution in [0.1, 0.15) is 5.56 Å². The maximum absolute atomic E-state index is 12.0. The van der Waals surface area contributed by atoms with Crippen LogP contribution in [0, 0.1) is 0 Å². The highest BCUT2D eigenvalue weighted by Crippen LogP contribution is 2.19. The van der Waals surface area contributed by atoms with Gasteiger partial charge in [0.1, 0.15) is 5.75 Å². The summed E-state index contributed by atoms with van der Waals surface area (Å²) >= 11 is 0. The van der Waals surface area contributed by atoms with Gasteiger partial charge in [-0.05, 0) is 42.3 Å². The van der Waals surface area contributed by atoms with E-state index in [9.17, 15) is 4.79 Å². The molecular weight excluding hydrogens is 288 g/mol. The van der Waals surface area contributed by atoms with Gasteiger partial charge in [-0.25, -0.2) is 0 Å². The zero-order valence-corrected chi connectivity index (χ0v) is 13.6. The molecule has 4 nitrogen and oxygen atoms in total. The van der Waals surface area contributed by atoms with Crippen LogP contribution in [0.3, 0.4) is 0 Å². The van der Waals surface area contributed by atoms with E-state index in [1.807, 2.05) is 73.6 Å². The van der Waals surface area contributed by atoms with Gasteiger partial charge in [-0.15, -0.1) is 6.58 Å². The SMILES string of the molecule is C=CCc1ccccc1OCC(=O)Nc1ccc(N(C)C)cc1. The second kappa shape index (κ2) is 8.03. The number of nitrogens with one attached hydrogen (secondary N) is 1. The molecule has 0 aromatic heterocycles. The Morgan fingerprint density at radius 2 is 1.87 bits per heavy atom. The van der Waals surface area contributed by atoms with Gasteiger partial charge in [0.15, 0.2) is 6.61 Å². The van der Waals surface area contributed by atoms with E-state index in [-0.39, 0.29) is 12.5 Å². The number of ether oxygens (including phenoxy) is 1. The first-order chi connectivity index (χ1) is 11.1. The molecule has 0 atom stereocenters. The normalized spacial score (nSPS) is 10.0. The van der Waals surface area contributed by atoms with Gasteiger partial charge >= 0.3 is 0 Å². The van der Waals surface area contributed by atoms with Crippen LogP contribution in [0.5, 0.6) is 5.75 Å². The van der Waals surface area contributed by atoms with Gasteiger partial charge in [0.05, 0.1) is 0 Å². The average molecular weight is 310 g/mol. The number of hydrogen-bond donors (Lipinski definition) is 1. The highest BCUT2D eigenvalue weighted by atomic mass is 16.5. The van der Waals surface area contributed by atoms with E-state index in [1.165, 1.54) is 0 Å². The number of nitrogens with zero attached hydrogens (tertiary/aromatic N) is 1. The minimum absolute atomic E-state index is 0.0242. The minimum atomic E-state index is -0.184. The Bertz CT molecular complexity index is 663. The number of carbonyl (C=O) groups is 1. The summed E-state index contributed by atoms with van der Waals surface area (Å²) in [6.45, 7) is 3.71. The van der Waals surface area contributed by atoms with Crippen molar-refractivity contribution in [3.63, 3.8) is 0 Å². The molecule has 1 amide bonds. The molecule has 0 aliphatic heterocycles. The van der Waals surface area contributed by atoms with Crippen molar-refractivity contribution in [1.82, 2.24) is 0 Å².